The molecule has 19 heavy (non-hydrogen) atoms. The second-order valence-corrected chi connectivity index (χ2v) is 4.81. The molecule has 0 radical (unpaired) electrons. The fourth-order valence-corrected chi connectivity index (χ4v) is 2.54. The number of likely N-dealkylation sites (tertiary alicyclic amines) is 1. The van der Waals surface area contributed by atoms with Crippen LogP contribution in [0.15, 0.2) is 29.4 Å². The van der Waals surface area contributed by atoms with Gasteiger partial charge in [-0.1, -0.05) is 0 Å². The van der Waals surface area contributed by atoms with Crippen LogP contribution in [0.5, 0.6) is 0 Å². The van der Waals surface area contributed by atoms with E-state index in [1.165, 1.54) is 6.33 Å². The lowest BCUT2D eigenvalue weighted by atomic mass is 10.0. The number of carbonyl (C=O) groups is 1. The number of piperidine rings is 1. The monoisotopic (exact) mass is 260 g/mol. The third kappa shape index (κ3) is 2.25. The van der Waals surface area contributed by atoms with Crippen LogP contribution in [0.25, 0.3) is 0 Å². The quantitative estimate of drug-likeness (QED) is 0.823. The Morgan fingerprint density at radius 3 is 3.11 bits per heavy atom. The van der Waals surface area contributed by atoms with Gasteiger partial charge in [-0.3, -0.25) is 4.79 Å². The van der Waals surface area contributed by atoms with Gasteiger partial charge in [0.25, 0.3) is 5.91 Å². The summed E-state index contributed by atoms with van der Waals surface area (Å²) in [5.74, 6) is 0.712. The molecule has 1 aliphatic heterocycles. The Bertz CT molecular complexity index is 561. The van der Waals surface area contributed by atoms with Crippen LogP contribution >= 0.6 is 0 Å². The first-order valence-corrected chi connectivity index (χ1v) is 6.43. The Balaban J connectivity index is 1.75. The van der Waals surface area contributed by atoms with Crippen molar-refractivity contribution in [2.45, 2.75) is 25.8 Å². The van der Waals surface area contributed by atoms with Crippen molar-refractivity contribution in [3.63, 3.8) is 0 Å². The smallest absolute Gasteiger partial charge is 0.257 e. The molecule has 1 atom stereocenters. The highest BCUT2D eigenvalue weighted by Crippen LogP contribution is 2.22. The molecule has 2 aromatic heterocycles. The number of hydrogen-bond acceptors (Lipinski definition) is 4. The first kappa shape index (κ1) is 12.0. The summed E-state index contributed by atoms with van der Waals surface area (Å²) in [7, 11) is 0. The summed E-state index contributed by atoms with van der Waals surface area (Å²) in [4.78, 5) is 18.3. The molecule has 2 aromatic rings. The van der Waals surface area contributed by atoms with Crippen molar-refractivity contribution < 1.29 is 9.21 Å². The highest BCUT2D eigenvalue weighted by atomic mass is 16.3. The predicted molar refractivity (Wildman–Crippen MR) is 67.6 cm³/mol. The third-order valence-corrected chi connectivity index (χ3v) is 3.58. The van der Waals surface area contributed by atoms with Gasteiger partial charge in [-0.2, -0.15) is 5.10 Å². The highest BCUT2D eigenvalue weighted by molar-refractivity contribution is 5.95. The van der Waals surface area contributed by atoms with Crippen molar-refractivity contribution >= 4 is 5.91 Å². The van der Waals surface area contributed by atoms with Crippen LogP contribution < -0.4 is 0 Å². The Hall–Kier alpha value is -2.11. The number of hydrogen-bond donors (Lipinski definition) is 0. The van der Waals surface area contributed by atoms with Gasteiger partial charge in [-0.25, -0.2) is 9.67 Å². The summed E-state index contributed by atoms with van der Waals surface area (Å²) < 4.78 is 7.04. The van der Waals surface area contributed by atoms with E-state index in [-0.39, 0.29) is 11.9 Å². The van der Waals surface area contributed by atoms with Gasteiger partial charge < -0.3 is 9.32 Å². The van der Waals surface area contributed by atoms with Crippen LogP contribution in [0.3, 0.4) is 0 Å². The van der Waals surface area contributed by atoms with E-state index in [0.29, 0.717) is 17.9 Å². The van der Waals surface area contributed by atoms with E-state index in [2.05, 4.69) is 10.1 Å². The average Bonchev–Trinajstić information content (AvgIpc) is 3.09. The number of aryl methyl sites for hydroxylation is 1. The predicted octanol–water partition coefficient (Wildman–Crippen LogP) is 1.66. The minimum absolute atomic E-state index is 0.0380. The maximum atomic E-state index is 12.4. The molecule has 3 heterocycles. The van der Waals surface area contributed by atoms with Crippen LogP contribution in [-0.2, 0) is 0 Å². The molecule has 1 unspecified atom stereocenters. The number of carbonyl (C=O) groups excluding carboxylic acids is 1. The lowest BCUT2D eigenvalue weighted by molar-refractivity contribution is 0.0671. The molecule has 0 N–H and O–H groups in total. The van der Waals surface area contributed by atoms with Crippen molar-refractivity contribution in [3.8, 4) is 0 Å². The largest absolute Gasteiger partial charge is 0.469 e. The molecule has 1 aliphatic rings. The molecule has 0 bridgehead atoms. The lowest BCUT2D eigenvalue weighted by Crippen LogP contribution is -2.40. The van der Waals surface area contributed by atoms with Crippen LogP contribution in [0.1, 0.15) is 35.0 Å². The van der Waals surface area contributed by atoms with Gasteiger partial charge in [0.2, 0.25) is 0 Å². The van der Waals surface area contributed by atoms with Crippen molar-refractivity contribution in [2.24, 2.45) is 0 Å². The van der Waals surface area contributed by atoms with Crippen molar-refractivity contribution in [1.82, 2.24) is 19.7 Å². The van der Waals surface area contributed by atoms with Gasteiger partial charge >= 0.3 is 0 Å². The van der Waals surface area contributed by atoms with Gasteiger partial charge in [0.05, 0.1) is 17.9 Å². The first-order chi connectivity index (χ1) is 9.25. The topological polar surface area (TPSA) is 64.2 Å². The second kappa shape index (κ2) is 4.87. The van der Waals surface area contributed by atoms with E-state index < -0.39 is 0 Å². The Morgan fingerprint density at radius 2 is 2.42 bits per heavy atom. The zero-order chi connectivity index (χ0) is 13.2. The molecule has 6 nitrogen and oxygen atoms in total. The molecular weight excluding hydrogens is 244 g/mol. The van der Waals surface area contributed by atoms with Crippen molar-refractivity contribution in [3.05, 3.63) is 36.3 Å². The lowest BCUT2D eigenvalue weighted by Gasteiger charge is -2.32. The van der Waals surface area contributed by atoms with Gasteiger partial charge in [-0.15, -0.1) is 0 Å². The highest BCUT2D eigenvalue weighted by Gasteiger charge is 2.27. The minimum atomic E-state index is 0.0380. The Labute approximate surface area is 111 Å². The SMILES string of the molecule is Cc1occc1C(=O)N1CCCC(n2cncn2)C1. The summed E-state index contributed by atoms with van der Waals surface area (Å²) >= 11 is 0. The summed E-state index contributed by atoms with van der Waals surface area (Å²) in [5, 5.41) is 4.16. The van der Waals surface area contributed by atoms with E-state index >= 15 is 0 Å². The Morgan fingerprint density at radius 1 is 1.53 bits per heavy atom. The molecule has 1 saturated heterocycles. The Kier molecular flexibility index (Phi) is 3.06. The molecule has 0 saturated carbocycles. The normalized spacial score (nSPS) is 19.6. The minimum Gasteiger partial charge on any atom is -0.469 e. The van der Waals surface area contributed by atoms with Crippen molar-refractivity contribution in [2.75, 3.05) is 13.1 Å². The van der Waals surface area contributed by atoms with E-state index in [9.17, 15) is 4.79 Å². The van der Waals surface area contributed by atoms with Crippen LogP contribution in [0.2, 0.25) is 0 Å². The standard InChI is InChI=1S/C13H16N4O2/c1-10-12(4-6-19-10)13(18)16-5-2-3-11(7-16)17-9-14-8-15-17/h4,6,8-9,11H,2-3,5,7H2,1H3. The average molecular weight is 260 g/mol. The summed E-state index contributed by atoms with van der Waals surface area (Å²) in [6.07, 6.45) is 6.80. The van der Waals surface area contributed by atoms with Gasteiger partial charge in [0.15, 0.2) is 0 Å². The molecule has 0 aliphatic carbocycles. The van der Waals surface area contributed by atoms with Crippen LogP contribution in [0, 0.1) is 6.92 Å². The molecule has 100 valence electrons. The number of furan rings is 1. The van der Waals surface area contributed by atoms with E-state index in [4.69, 9.17) is 4.42 Å². The summed E-state index contributed by atoms with van der Waals surface area (Å²) in [5.41, 5.74) is 0.652. The molecule has 3 rings (SSSR count). The number of amides is 1. The molecular formula is C13H16N4O2. The molecule has 0 aromatic carbocycles. The fraction of sp³-hybridized carbons (Fsp3) is 0.462. The van der Waals surface area contributed by atoms with E-state index in [0.717, 1.165) is 19.4 Å². The number of rotatable bonds is 2. The first-order valence-electron chi connectivity index (χ1n) is 6.43. The van der Waals surface area contributed by atoms with E-state index in [1.54, 1.807) is 18.7 Å². The van der Waals surface area contributed by atoms with Gasteiger partial charge in [0, 0.05) is 13.1 Å². The van der Waals surface area contributed by atoms with Crippen molar-refractivity contribution in [1.29, 1.82) is 0 Å². The molecule has 0 spiro atoms. The van der Waals surface area contributed by atoms with Gasteiger partial charge in [0.1, 0.15) is 18.4 Å². The van der Waals surface area contributed by atoms with Gasteiger partial charge in [-0.05, 0) is 25.8 Å². The summed E-state index contributed by atoms with van der Waals surface area (Å²) in [6.45, 7) is 3.27. The number of aromatic nitrogens is 3. The van der Waals surface area contributed by atoms with Crippen LogP contribution in [0.4, 0.5) is 0 Å². The summed E-state index contributed by atoms with van der Waals surface area (Å²) in [6, 6.07) is 1.95. The fourth-order valence-electron chi connectivity index (χ4n) is 2.54. The van der Waals surface area contributed by atoms with E-state index in [1.807, 2.05) is 16.5 Å². The zero-order valence-corrected chi connectivity index (χ0v) is 10.8. The maximum Gasteiger partial charge on any atom is 0.257 e. The second-order valence-electron chi connectivity index (χ2n) is 4.81. The third-order valence-electron chi connectivity index (χ3n) is 3.58. The molecule has 1 fully saturated rings. The maximum absolute atomic E-state index is 12.4. The molecule has 6 heteroatoms. The molecule has 1 amide bonds. The zero-order valence-electron chi connectivity index (χ0n) is 10.8. The number of nitrogens with zero attached hydrogens (tertiary/aromatic N) is 4. The van der Waals surface area contributed by atoms with Crippen LogP contribution in [-0.4, -0.2) is 38.7 Å².